The van der Waals surface area contributed by atoms with Crippen molar-refractivity contribution in [3.05, 3.63) is 29.3 Å². The van der Waals surface area contributed by atoms with Crippen LogP contribution < -0.4 is 9.32 Å². The summed E-state index contributed by atoms with van der Waals surface area (Å²) < 4.78 is 25.9. The van der Waals surface area contributed by atoms with E-state index in [2.05, 4.69) is 4.18 Å². The molecule has 90 valence electrons. The van der Waals surface area contributed by atoms with Crippen LogP contribution >= 0.6 is 0 Å². The fraction of sp³-hybridized carbons (Fsp3) is 0.100. The highest BCUT2D eigenvalue weighted by atomic mass is 32.2. The van der Waals surface area contributed by atoms with E-state index in [0.29, 0.717) is 11.1 Å². The first kappa shape index (κ1) is 11.6. The van der Waals surface area contributed by atoms with Crippen molar-refractivity contribution in [3.8, 4) is 11.5 Å². The van der Waals surface area contributed by atoms with Gasteiger partial charge in [0.2, 0.25) is 0 Å². The first-order valence-corrected chi connectivity index (χ1v) is 6.11. The van der Waals surface area contributed by atoms with Gasteiger partial charge in [0, 0.05) is 18.1 Å². The van der Waals surface area contributed by atoms with Crippen LogP contribution in [0.3, 0.4) is 0 Å². The number of nitrogens with two attached hydrogens (primary N) is 1. The molecule has 0 amide bonds. The van der Waals surface area contributed by atoms with Crippen molar-refractivity contribution in [3.63, 3.8) is 0 Å². The predicted octanol–water partition coefficient (Wildman–Crippen LogP) is 0.113. The Morgan fingerprint density at radius 1 is 1.29 bits per heavy atom. The van der Waals surface area contributed by atoms with E-state index in [-0.39, 0.29) is 23.7 Å². The molecule has 0 saturated carbocycles. The summed E-state index contributed by atoms with van der Waals surface area (Å²) in [5.41, 5.74) is 0.975. The number of hydrogen-bond acceptors (Lipinski definition) is 5. The lowest BCUT2D eigenvalue weighted by Crippen LogP contribution is -2.19. The monoisotopic (exact) mass is 255 g/mol. The number of ketones is 1. The Labute approximate surface area is 97.6 Å². The van der Waals surface area contributed by atoms with Crippen molar-refractivity contribution >= 4 is 22.2 Å². The summed E-state index contributed by atoms with van der Waals surface area (Å²) in [5.74, 6) is -0.415. The number of carbonyl (C=O) groups excluding carboxylic acids is 1. The molecule has 1 aliphatic carbocycles. The van der Waals surface area contributed by atoms with Gasteiger partial charge in [0.15, 0.2) is 5.78 Å². The summed E-state index contributed by atoms with van der Waals surface area (Å²) >= 11 is 0. The van der Waals surface area contributed by atoms with Gasteiger partial charge in [-0.15, -0.1) is 0 Å². The smallest absolute Gasteiger partial charge is 0.380 e. The highest BCUT2D eigenvalue weighted by Gasteiger charge is 2.17. The lowest BCUT2D eigenvalue weighted by Gasteiger charge is -2.13. The Hall–Kier alpha value is -1.86. The number of phenols is 1. The van der Waals surface area contributed by atoms with E-state index < -0.39 is 10.3 Å². The largest absolute Gasteiger partial charge is 0.507 e. The fourth-order valence-corrected chi connectivity index (χ4v) is 1.98. The van der Waals surface area contributed by atoms with Gasteiger partial charge in [-0.2, -0.15) is 13.6 Å². The maximum atomic E-state index is 11.2. The van der Waals surface area contributed by atoms with Crippen molar-refractivity contribution in [1.29, 1.82) is 0 Å². The molecule has 0 spiro atoms. The molecule has 0 fully saturated rings. The molecule has 17 heavy (non-hydrogen) atoms. The van der Waals surface area contributed by atoms with Gasteiger partial charge >= 0.3 is 10.3 Å². The van der Waals surface area contributed by atoms with E-state index in [1.807, 2.05) is 0 Å². The molecule has 1 aromatic rings. The van der Waals surface area contributed by atoms with Crippen LogP contribution in [0.1, 0.15) is 11.1 Å². The number of rotatable bonds is 2. The number of benzene rings is 1. The van der Waals surface area contributed by atoms with Gasteiger partial charge in [0.25, 0.3) is 0 Å². The van der Waals surface area contributed by atoms with E-state index in [9.17, 15) is 18.3 Å². The molecule has 0 bridgehead atoms. The molecule has 7 heteroatoms. The van der Waals surface area contributed by atoms with Crippen molar-refractivity contribution in [2.75, 3.05) is 0 Å². The minimum absolute atomic E-state index is 0.0845. The first-order chi connectivity index (χ1) is 7.85. The van der Waals surface area contributed by atoms with E-state index >= 15 is 0 Å². The van der Waals surface area contributed by atoms with Gasteiger partial charge < -0.3 is 9.29 Å². The summed E-state index contributed by atoms with van der Waals surface area (Å²) in [6.07, 6.45) is 2.90. The highest BCUT2D eigenvalue weighted by molar-refractivity contribution is 7.84. The molecule has 0 atom stereocenters. The normalized spacial score (nSPS) is 14.5. The van der Waals surface area contributed by atoms with Crippen molar-refractivity contribution < 1.29 is 22.5 Å². The molecule has 0 saturated heterocycles. The Kier molecular flexibility index (Phi) is 2.64. The van der Waals surface area contributed by atoms with Gasteiger partial charge in [-0.1, -0.05) is 0 Å². The summed E-state index contributed by atoms with van der Waals surface area (Å²) in [5, 5.41) is 14.4. The van der Waals surface area contributed by atoms with Gasteiger partial charge in [-0.25, -0.2) is 0 Å². The van der Waals surface area contributed by atoms with E-state index in [1.165, 1.54) is 18.2 Å². The van der Waals surface area contributed by atoms with Crippen LogP contribution in [0, 0.1) is 0 Å². The Morgan fingerprint density at radius 2 is 2.00 bits per heavy atom. The minimum Gasteiger partial charge on any atom is -0.507 e. The highest BCUT2D eigenvalue weighted by Crippen LogP contribution is 2.31. The van der Waals surface area contributed by atoms with Crippen molar-refractivity contribution in [2.24, 2.45) is 5.14 Å². The Morgan fingerprint density at radius 3 is 2.65 bits per heavy atom. The third-order valence-electron chi connectivity index (χ3n) is 2.23. The van der Waals surface area contributed by atoms with Gasteiger partial charge in [-0.05, 0) is 23.8 Å². The Balaban J connectivity index is 2.47. The average Bonchev–Trinajstić information content (AvgIpc) is 2.13. The van der Waals surface area contributed by atoms with Crippen LogP contribution in [0.25, 0.3) is 6.08 Å². The van der Waals surface area contributed by atoms with Crippen LogP contribution in [0.4, 0.5) is 0 Å². The molecule has 0 radical (unpaired) electrons. The number of carbonyl (C=O) groups is 1. The number of allylic oxidation sites excluding steroid dienone is 1. The standard InChI is InChI=1S/C10H9NO5S/c11-17(14,15)16-8-4-6-3-7(12)1-2-9(6)10(13)5-8/h1-2,4-5,13H,3H2,(H2,11,14,15). The first-order valence-electron chi connectivity index (χ1n) is 4.64. The molecule has 0 unspecified atom stereocenters. The summed E-state index contributed by atoms with van der Waals surface area (Å²) in [6, 6.07) is 2.49. The van der Waals surface area contributed by atoms with Gasteiger partial charge in [-0.3, -0.25) is 4.79 Å². The van der Waals surface area contributed by atoms with Crippen LogP contribution in [-0.4, -0.2) is 19.3 Å². The maximum Gasteiger partial charge on any atom is 0.380 e. The number of hydrogen-bond donors (Lipinski definition) is 2. The molecule has 0 heterocycles. The molecule has 2 rings (SSSR count). The summed E-state index contributed by atoms with van der Waals surface area (Å²) in [6.45, 7) is 0. The zero-order valence-corrected chi connectivity index (χ0v) is 9.40. The molecule has 6 nitrogen and oxygen atoms in total. The summed E-state index contributed by atoms with van der Waals surface area (Å²) in [4.78, 5) is 11.2. The zero-order valence-electron chi connectivity index (χ0n) is 8.58. The number of phenolic OH excluding ortho intramolecular Hbond substituents is 1. The SMILES string of the molecule is NS(=O)(=O)Oc1cc(O)c2c(c1)CC(=O)C=C2. The maximum absolute atomic E-state index is 11.2. The zero-order chi connectivity index (χ0) is 12.6. The van der Waals surface area contributed by atoms with Crippen LogP contribution in [0.15, 0.2) is 18.2 Å². The molecule has 3 N–H and O–H groups in total. The van der Waals surface area contributed by atoms with Crippen molar-refractivity contribution in [2.45, 2.75) is 6.42 Å². The van der Waals surface area contributed by atoms with Crippen molar-refractivity contribution in [1.82, 2.24) is 0 Å². The van der Waals surface area contributed by atoms with E-state index in [1.54, 1.807) is 0 Å². The topological polar surface area (TPSA) is 107 Å². The lowest BCUT2D eigenvalue weighted by atomic mass is 9.95. The van der Waals surface area contributed by atoms with E-state index in [0.717, 1.165) is 6.07 Å². The molecular formula is C10H9NO5S. The minimum atomic E-state index is -4.15. The molecule has 0 aliphatic heterocycles. The molecular weight excluding hydrogens is 246 g/mol. The third-order valence-corrected chi connectivity index (χ3v) is 2.66. The average molecular weight is 255 g/mol. The fourth-order valence-electron chi connectivity index (χ4n) is 1.61. The molecule has 0 aromatic heterocycles. The predicted molar refractivity (Wildman–Crippen MR) is 59.6 cm³/mol. The van der Waals surface area contributed by atoms with Crippen LogP contribution in [0.2, 0.25) is 0 Å². The quantitative estimate of drug-likeness (QED) is 0.780. The number of fused-ring (bicyclic) bond motifs is 1. The van der Waals surface area contributed by atoms with Gasteiger partial charge in [0.1, 0.15) is 11.5 Å². The second kappa shape index (κ2) is 3.86. The second-order valence-electron chi connectivity index (χ2n) is 3.57. The Bertz CT molecular complexity index is 618. The second-order valence-corrected chi connectivity index (χ2v) is 4.72. The summed E-state index contributed by atoms with van der Waals surface area (Å²) in [7, 11) is -4.15. The third kappa shape index (κ3) is 2.63. The number of aromatic hydroxyl groups is 1. The molecule has 1 aliphatic rings. The van der Waals surface area contributed by atoms with Crippen LogP contribution in [0.5, 0.6) is 11.5 Å². The molecule has 1 aromatic carbocycles. The van der Waals surface area contributed by atoms with Gasteiger partial charge in [0.05, 0.1) is 0 Å². The van der Waals surface area contributed by atoms with Crippen LogP contribution in [-0.2, 0) is 21.5 Å². The lowest BCUT2D eigenvalue weighted by molar-refractivity contribution is -0.114. The van der Waals surface area contributed by atoms with E-state index in [4.69, 9.17) is 5.14 Å².